The van der Waals surface area contributed by atoms with Crippen LogP contribution in [0.4, 0.5) is 10.1 Å². The predicted molar refractivity (Wildman–Crippen MR) is 125 cm³/mol. The van der Waals surface area contributed by atoms with Crippen molar-refractivity contribution in [3.8, 4) is 0 Å². The molecule has 6 nitrogen and oxygen atoms in total. The quantitative estimate of drug-likeness (QED) is 0.431. The molecular weight excluding hydrogens is 393 g/mol. The van der Waals surface area contributed by atoms with Gasteiger partial charge in [0.1, 0.15) is 17.8 Å². The van der Waals surface area contributed by atoms with E-state index < -0.39 is 0 Å². The highest BCUT2D eigenvalue weighted by Gasteiger charge is 2.33. The molecule has 170 valence electrons. The number of hydrogen-bond acceptors (Lipinski definition) is 4. The number of rotatable bonds is 8. The molecule has 7 heteroatoms. The van der Waals surface area contributed by atoms with E-state index in [0.29, 0.717) is 23.2 Å². The summed E-state index contributed by atoms with van der Waals surface area (Å²) in [5.74, 6) is -0.491. The number of fused-ring (bicyclic) bond motifs is 1. The van der Waals surface area contributed by atoms with Crippen molar-refractivity contribution in [2.24, 2.45) is 10.7 Å². The van der Waals surface area contributed by atoms with Crippen LogP contribution >= 0.6 is 0 Å². The summed E-state index contributed by atoms with van der Waals surface area (Å²) in [6.45, 7) is 7.81. The zero-order valence-corrected chi connectivity index (χ0v) is 19.0. The summed E-state index contributed by atoms with van der Waals surface area (Å²) < 4.78 is 13.7. The molecule has 4 N–H and O–H groups in total. The van der Waals surface area contributed by atoms with E-state index in [4.69, 9.17) is 5.73 Å². The molecule has 3 rings (SSSR count). The maximum Gasteiger partial charge on any atom is 0.278 e. The Bertz CT molecular complexity index is 825. The fourth-order valence-corrected chi connectivity index (χ4v) is 4.46. The number of nitrogens with zero attached hydrogens (tertiary/aromatic N) is 2. The second-order valence-electron chi connectivity index (χ2n) is 8.66. The first-order valence-corrected chi connectivity index (χ1v) is 11.5. The summed E-state index contributed by atoms with van der Waals surface area (Å²) >= 11 is 0. The van der Waals surface area contributed by atoms with E-state index in [0.717, 1.165) is 38.0 Å². The third kappa shape index (κ3) is 6.14. The third-order valence-electron chi connectivity index (χ3n) is 6.20. The van der Waals surface area contributed by atoms with E-state index in [2.05, 4.69) is 34.4 Å². The smallest absolute Gasteiger partial charge is 0.278 e. The van der Waals surface area contributed by atoms with Gasteiger partial charge in [0, 0.05) is 36.4 Å². The summed E-state index contributed by atoms with van der Waals surface area (Å²) in [6, 6.07) is 5.66. The first kappa shape index (κ1) is 23.4. The molecule has 1 aromatic carbocycles. The van der Waals surface area contributed by atoms with Gasteiger partial charge in [0.05, 0.1) is 5.57 Å². The minimum atomic E-state index is -0.377. The normalized spacial score (nSPS) is 21.2. The molecule has 0 bridgehead atoms. The number of anilines is 1. The number of unbranched alkanes of at least 4 members (excludes halogenated alkanes) is 1. The summed E-state index contributed by atoms with van der Waals surface area (Å²) in [6.07, 6.45) is 8.36. The zero-order chi connectivity index (χ0) is 22.4. The Hall–Kier alpha value is -2.25. The minimum absolute atomic E-state index is 0.218. The van der Waals surface area contributed by atoms with Crippen molar-refractivity contribution in [2.45, 2.75) is 77.5 Å². The van der Waals surface area contributed by atoms with Gasteiger partial charge in [-0.2, -0.15) is 4.99 Å². The van der Waals surface area contributed by atoms with Crippen molar-refractivity contribution >= 4 is 23.5 Å². The van der Waals surface area contributed by atoms with E-state index in [1.807, 2.05) is 0 Å². The minimum Gasteiger partial charge on any atom is -0.387 e. The highest BCUT2D eigenvalue weighted by atomic mass is 19.1. The summed E-state index contributed by atoms with van der Waals surface area (Å²) in [5, 5.41) is 7.27. The van der Waals surface area contributed by atoms with Crippen LogP contribution in [0.15, 0.2) is 28.8 Å². The van der Waals surface area contributed by atoms with Crippen molar-refractivity contribution in [3.63, 3.8) is 0 Å². The van der Waals surface area contributed by atoms with Gasteiger partial charge in [-0.15, -0.1) is 0 Å². The lowest BCUT2D eigenvalue weighted by Gasteiger charge is -2.41. The van der Waals surface area contributed by atoms with Gasteiger partial charge >= 0.3 is 0 Å². The number of amides is 1. The number of piperidine rings is 1. The van der Waals surface area contributed by atoms with Crippen LogP contribution in [0.1, 0.15) is 64.9 Å². The number of nitrogens with one attached hydrogen (secondary N) is 2. The Morgan fingerprint density at radius 1 is 1.35 bits per heavy atom. The molecule has 1 saturated heterocycles. The lowest BCUT2D eigenvalue weighted by Crippen LogP contribution is -2.52. The van der Waals surface area contributed by atoms with Crippen molar-refractivity contribution in [1.82, 2.24) is 10.2 Å². The fourth-order valence-electron chi connectivity index (χ4n) is 4.46. The lowest BCUT2D eigenvalue weighted by molar-refractivity contribution is -0.114. The highest BCUT2D eigenvalue weighted by Crippen LogP contribution is 2.31. The van der Waals surface area contributed by atoms with Gasteiger partial charge in [0.15, 0.2) is 0 Å². The average Bonchev–Trinajstić information content (AvgIpc) is 2.75. The Morgan fingerprint density at radius 3 is 2.74 bits per heavy atom. The van der Waals surface area contributed by atoms with Crippen LogP contribution in [0.5, 0.6) is 0 Å². The van der Waals surface area contributed by atoms with Gasteiger partial charge in [-0.05, 0) is 56.9 Å². The Labute approximate surface area is 185 Å². The number of carbonyl (C=O) groups is 1. The first-order chi connectivity index (χ1) is 14.9. The monoisotopic (exact) mass is 429 g/mol. The van der Waals surface area contributed by atoms with Crippen LogP contribution in [-0.4, -0.2) is 48.0 Å². The number of likely N-dealkylation sites (tertiary alicyclic amines) is 1. The van der Waals surface area contributed by atoms with Crippen LogP contribution in [0.2, 0.25) is 0 Å². The SMILES string of the molecule is CCCCC(CC)NC1CCN(C2Nc3ccc(F)cc3C=C2C(=O)N=C(C)N)CC1. The lowest BCUT2D eigenvalue weighted by atomic mass is 9.96. The fraction of sp³-hybridized carbons (Fsp3) is 0.583. The summed E-state index contributed by atoms with van der Waals surface area (Å²) in [5.41, 5.74) is 7.63. The number of nitrogens with two attached hydrogens (primary N) is 1. The molecule has 0 saturated carbocycles. The number of hydrogen-bond donors (Lipinski definition) is 3. The zero-order valence-electron chi connectivity index (χ0n) is 19.0. The van der Waals surface area contributed by atoms with Gasteiger partial charge in [0.25, 0.3) is 5.91 Å². The van der Waals surface area contributed by atoms with Gasteiger partial charge < -0.3 is 16.4 Å². The first-order valence-electron chi connectivity index (χ1n) is 11.5. The Morgan fingerprint density at radius 2 is 2.10 bits per heavy atom. The van der Waals surface area contributed by atoms with Crippen LogP contribution in [-0.2, 0) is 4.79 Å². The van der Waals surface area contributed by atoms with E-state index in [1.165, 1.54) is 31.4 Å². The molecule has 0 radical (unpaired) electrons. The van der Waals surface area contributed by atoms with Gasteiger partial charge in [0.2, 0.25) is 0 Å². The van der Waals surface area contributed by atoms with Crippen LogP contribution < -0.4 is 16.4 Å². The molecule has 2 heterocycles. The van der Waals surface area contributed by atoms with E-state index in [-0.39, 0.29) is 23.7 Å². The molecule has 0 aliphatic carbocycles. The molecule has 0 aromatic heterocycles. The van der Waals surface area contributed by atoms with Crippen LogP contribution in [0, 0.1) is 5.82 Å². The number of benzene rings is 1. The molecular formula is C24H36FN5O. The molecule has 2 aliphatic rings. The van der Waals surface area contributed by atoms with E-state index >= 15 is 0 Å². The number of halogens is 1. The molecule has 2 aliphatic heterocycles. The van der Waals surface area contributed by atoms with E-state index in [9.17, 15) is 9.18 Å². The number of amidine groups is 1. The van der Waals surface area contributed by atoms with E-state index in [1.54, 1.807) is 19.1 Å². The molecule has 1 aromatic rings. The summed E-state index contributed by atoms with van der Waals surface area (Å²) in [7, 11) is 0. The van der Waals surface area contributed by atoms with Gasteiger partial charge in [-0.25, -0.2) is 4.39 Å². The topological polar surface area (TPSA) is 82.8 Å². The maximum absolute atomic E-state index is 13.7. The second-order valence-corrected chi connectivity index (χ2v) is 8.66. The number of aliphatic imine (C=N–C) groups is 1. The molecule has 1 amide bonds. The largest absolute Gasteiger partial charge is 0.387 e. The summed E-state index contributed by atoms with van der Waals surface area (Å²) in [4.78, 5) is 19.0. The molecule has 2 unspecified atom stereocenters. The molecule has 2 atom stereocenters. The van der Waals surface area contributed by atoms with Crippen LogP contribution in [0.25, 0.3) is 6.08 Å². The maximum atomic E-state index is 13.7. The predicted octanol–water partition coefficient (Wildman–Crippen LogP) is 3.89. The van der Waals surface area contributed by atoms with Crippen molar-refractivity contribution in [2.75, 3.05) is 18.4 Å². The highest BCUT2D eigenvalue weighted by molar-refractivity contribution is 6.07. The average molecular weight is 430 g/mol. The van der Waals surface area contributed by atoms with Crippen molar-refractivity contribution in [1.29, 1.82) is 0 Å². The van der Waals surface area contributed by atoms with Crippen molar-refractivity contribution < 1.29 is 9.18 Å². The molecule has 1 fully saturated rings. The Kier molecular flexibility index (Phi) is 8.21. The van der Waals surface area contributed by atoms with Crippen molar-refractivity contribution in [3.05, 3.63) is 35.2 Å². The standard InChI is InChI=1S/C24H36FN5O/c1-4-6-7-19(5-2)28-20-10-12-30(13-11-20)23-21(24(31)27-16(3)26)15-17-14-18(25)8-9-22(17)29-23/h8-9,14-15,19-20,23,28-29H,4-7,10-13H2,1-3H3,(H2,26,27,31). The van der Waals surface area contributed by atoms with Gasteiger partial charge in [-0.1, -0.05) is 26.7 Å². The second kappa shape index (κ2) is 10.9. The third-order valence-corrected chi connectivity index (χ3v) is 6.20. The van der Waals surface area contributed by atoms with Crippen LogP contribution in [0.3, 0.4) is 0 Å². The molecule has 0 spiro atoms. The number of carbonyl (C=O) groups excluding carboxylic acids is 1. The van der Waals surface area contributed by atoms with Gasteiger partial charge in [-0.3, -0.25) is 9.69 Å². The Balaban J connectivity index is 1.72. The molecule has 31 heavy (non-hydrogen) atoms.